The SMILES string of the molecule is CC1CN(c2ccc(Br)cc2C#N)CCO1. The molecule has 0 bridgehead atoms. The third kappa shape index (κ3) is 2.37. The molecule has 0 aliphatic carbocycles. The van der Waals surface area contributed by atoms with Gasteiger partial charge < -0.3 is 9.64 Å². The molecule has 4 heteroatoms. The summed E-state index contributed by atoms with van der Waals surface area (Å²) < 4.78 is 6.43. The van der Waals surface area contributed by atoms with Gasteiger partial charge >= 0.3 is 0 Å². The first-order valence-electron chi connectivity index (χ1n) is 5.27. The summed E-state index contributed by atoms with van der Waals surface area (Å²) in [5.74, 6) is 0. The van der Waals surface area contributed by atoms with Crippen LogP contribution < -0.4 is 4.90 Å². The van der Waals surface area contributed by atoms with Crippen LogP contribution in [0.2, 0.25) is 0 Å². The highest BCUT2D eigenvalue weighted by atomic mass is 79.9. The van der Waals surface area contributed by atoms with E-state index in [4.69, 9.17) is 10.00 Å². The molecule has 1 unspecified atom stereocenters. The summed E-state index contributed by atoms with van der Waals surface area (Å²) >= 11 is 3.38. The average molecular weight is 281 g/mol. The van der Waals surface area contributed by atoms with Crippen LogP contribution in [0.25, 0.3) is 0 Å². The molecule has 2 rings (SSSR count). The van der Waals surface area contributed by atoms with Crippen LogP contribution in [-0.2, 0) is 4.74 Å². The molecule has 1 fully saturated rings. The third-order valence-electron chi connectivity index (χ3n) is 2.66. The number of halogens is 1. The molecule has 1 saturated heterocycles. The van der Waals surface area contributed by atoms with Gasteiger partial charge in [-0.25, -0.2) is 0 Å². The topological polar surface area (TPSA) is 36.3 Å². The smallest absolute Gasteiger partial charge is 0.101 e. The lowest BCUT2D eigenvalue weighted by Gasteiger charge is -2.33. The molecule has 1 heterocycles. The van der Waals surface area contributed by atoms with Gasteiger partial charge in [-0.15, -0.1) is 0 Å². The van der Waals surface area contributed by atoms with Crippen LogP contribution >= 0.6 is 15.9 Å². The molecule has 1 aromatic carbocycles. The number of hydrogen-bond acceptors (Lipinski definition) is 3. The van der Waals surface area contributed by atoms with Crippen LogP contribution in [0.3, 0.4) is 0 Å². The molecule has 1 aliphatic rings. The fourth-order valence-corrected chi connectivity index (χ4v) is 2.27. The van der Waals surface area contributed by atoms with Crippen molar-refractivity contribution < 1.29 is 4.74 Å². The number of anilines is 1. The molecular weight excluding hydrogens is 268 g/mol. The molecule has 16 heavy (non-hydrogen) atoms. The molecule has 0 saturated carbocycles. The number of morpholine rings is 1. The van der Waals surface area contributed by atoms with Crippen molar-refractivity contribution in [2.75, 3.05) is 24.6 Å². The van der Waals surface area contributed by atoms with E-state index in [-0.39, 0.29) is 6.10 Å². The highest BCUT2D eigenvalue weighted by Gasteiger charge is 2.19. The minimum atomic E-state index is 0.226. The maximum absolute atomic E-state index is 9.11. The Morgan fingerprint density at radius 2 is 2.38 bits per heavy atom. The van der Waals surface area contributed by atoms with Crippen molar-refractivity contribution in [3.05, 3.63) is 28.2 Å². The van der Waals surface area contributed by atoms with Crippen LogP contribution in [0.1, 0.15) is 12.5 Å². The number of nitriles is 1. The minimum absolute atomic E-state index is 0.226. The maximum atomic E-state index is 9.11. The first kappa shape index (κ1) is 11.4. The van der Waals surface area contributed by atoms with Gasteiger partial charge in [-0.3, -0.25) is 0 Å². The average Bonchev–Trinajstić information content (AvgIpc) is 2.28. The second-order valence-electron chi connectivity index (χ2n) is 3.90. The van der Waals surface area contributed by atoms with E-state index in [0.717, 1.165) is 29.9 Å². The van der Waals surface area contributed by atoms with E-state index in [2.05, 4.69) is 33.8 Å². The van der Waals surface area contributed by atoms with E-state index in [9.17, 15) is 0 Å². The molecule has 1 aliphatic heterocycles. The lowest BCUT2D eigenvalue weighted by molar-refractivity contribution is 0.0532. The van der Waals surface area contributed by atoms with Gasteiger partial charge in [0.15, 0.2) is 0 Å². The molecule has 0 aromatic heterocycles. The van der Waals surface area contributed by atoms with Gasteiger partial charge in [-0.1, -0.05) is 15.9 Å². The Morgan fingerprint density at radius 3 is 3.06 bits per heavy atom. The maximum Gasteiger partial charge on any atom is 0.101 e. The molecule has 1 atom stereocenters. The summed E-state index contributed by atoms with van der Waals surface area (Å²) in [6.45, 7) is 4.47. The molecular formula is C12H13BrN2O. The molecule has 1 aromatic rings. The summed E-state index contributed by atoms with van der Waals surface area (Å²) in [7, 11) is 0. The highest BCUT2D eigenvalue weighted by Crippen LogP contribution is 2.25. The second-order valence-corrected chi connectivity index (χ2v) is 4.82. The monoisotopic (exact) mass is 280 g/mol. The van der Waals surface area contributed by atoms with E-state index in [0.29, 0.717) is 5.56 Å². The fraction of sp³-hybridized carbons (Fsp3) is 0.417. The predicted octanol–water partition coefficient (Wildman–Crippen LogP) is 2.55. The highest BCUT2D eigenvalue weighted by molar-refractivity contribution is 9.10. The summed E-state index contributed by atoms with van der Waals surface area (Å²) in [6, 6.07) is 8.05. The summed E-state index contributed by atoms with van der Waals surface area (Å²) in [6.07, 6.45) is 0.226. The molecule has 0 N–H and O–H groups in total. The molecule has 84 valence electrons. The Kier molecular flexibility index (Phi) is 3.47. The van der Waals surface area contributed by atoms with E-state index in [1.165, 1.54) is 0 Å². The second kappa shape index (κ2) is 4.86. The van der Waals surface area contributed by atoms with Crippen molar-refractivity contribution in [1.82, 2.24) is 0 Å². The number of rotatable bonds is 1. The van der Waals surface area contributed by atoms with Crippen molar-refractivity contribution in [3.8, 4) is 6.07 Å². The van der Waals surface area contributed by atoms with Gasteiger partial charge in [0.1, 0.15) is 6.07 Å². The van der Waals surface area contributed by atoms with Crippen molar-refractivity contribution in [2.24, 2.45) is 0 Å². The number of hydrogen-bond donors (Lipinski definition) is 0. The Balaban J connectivity index is 2.29. The Bertz CT molecular complexity index is 428. The summed E-state index contributed by atoms with van der Waals surface area (Å²) in [5, 5.41) is 9.11. The molecule has 0 spiro atoms. The fourth-order valence-electron chi connectivity index (χ4n) is 1.91. The van der Waals surface area contributed by atoms with E-state index in [1.807, 2.05) is 18.2 Å². The Labute approximate surface area is 104 Å². The number of benzene rings is 1. The molecule has 0 radical (unpaired) electrons. The number of nitrogens with zero attached hydrogens (tertiary/aromatic N) is 2. The summed E-state index contributed by atoms with van der Waals surface area (Å²) in [5.41, 5.74) is 1.71. The van der Waals surface area contributed by atoms with Crippen molar-refractivity contribution in [3.63, 3.8) is 0 Å². The van der Waals surface area contributed by atoms with Gasteiger partial charge in [0.2, 0.25) is 0 Å². The lowest BCUT2D eigenvalue weighted by atomic mass is 10.1. The number of ether oxygens (including phenoxy) is 1. The van der Waals surface area contributed by atoms with Crippen LogP contribution in [0.5, 0.6) is 0 Å². The van der Waals surface area contributed by atoms with E-state index < -0.39 is 0 Å². The Hall–Kier alpha value is -1.05. The van der Waals surface area contributed by atoms with Gasteiger partial charge in [0.25, 0.3) is 0 Å². The zero-order chi connectivity index (χ0) is 11.5. The van der Waals surface area contributed by atoms with Crippen molar-refractivity contribution in [1.29, 1.82) is 5.26 Å². The van der Waals surface area contributed by atoms with Gasteiger partial charge in [-0.05, 0) is 25.1 Å². The first-order chi connectivity index (χ1) is 7.70. The van der Waals surface area contributed by atoms with Crippen molar-refractivity contribution in [2.45, 2.75) is 13.0 Å². The molecule has 0 amide bonds. The lowest BCUT2D eigenvalue weighted by Crippen LogP contribution is -2.41. The van der Waals surface area contributed by atoms with Gasteiger partial charge in [-0.2, -0.15) is 5.26 Å². The van der Waals surface area contributed by atoms with Crippen molar-refractivity contribution >= 4 is 21.6 Å². The van der Waals surface area contributed by atoms with Gasteiger partial charge in [0.05, 0.1) is 24.0 Å². The standard InChI is InChI=1S/C12H13BrN2O/c1-9-8-15(4-5-16-9)12-3-2-11(13)6-10(12)7-14/h2-3,6,9H,4-5,8H2,1H3. The zero-order valence-electron chi connectivity index (χ0n) is 9.11. The summed E-state index contributed by atoms with van der Waals surface area (Å²) in [4.78, 5) is 2.21. The normalized spacial score (nSPS) is 20.6. The van der Waals surface area contributed by atoms with Gasteiger partial charge in [0, 0.05) is 17.6 Å². The van der Waals surface area contributed by atoms with Crippen LogP contribution in [0.15, 0.2) is 22.7 Å². The van der Waals surface area contributed by atoms with Crippen LogP contribution in [-0.4, -0.2) is 25.8 Å². The van der Waals surface area contributed by atoms with Crippen LogP contribution in [0, 0.1) is 11.3 Å². The third-order valence-corrected chi connectivity index (χ3v) is 3.15. The largest absolute Gasteiger partial charge is 0.375 e. The van der Waals surface area contributed by atoms with E-state index >= 15 is 0 Å². The first-order valence-corrected chi connectivity index (χ1v) is 6.06. The molecule has 3 nitrogen and oxygen atoms in total. The zero-order valence-corrected chi connectivity index (χ0v) is 10.7. The Morgan fingerprint density at radius 1 is 1.56 bits per heavy atom. The quantitative estimate of drug-likeness (QED) is 0.793. The minimum Gasteiger partial charge on any atom is -0.375 e. The van der Waals surface area contributed by atoms with Crippen LogP contribution in [0.4, 0.5) is 5.69 Å². The predicted molar refractivity (Wildman–Crippen MR) is 66.5 cm³/mol. The van der Waals surface area contributed by atoms with E-state index in [1.54, 1.807) is 0 Å².